The van der Waals surface area contributed by atoms with Crippen molar-refractivity contribution in [1.82, 2.24) is 10.2 Å². The average molecular weight is 267 g/mol. The van der Waals surface area contributed by atoms with Crippen LogP contribution in [0, 0.1) is 5.82 Å². The lowest BCUT2D eigenvalue weighted by Gasteiger charge is -2.12. The zero-order valence-corrected chi connectivity index (χ0v) is 11.6. The van der Waals surface area contributed by atoms with Gasteiger partial charge in [0.15, 0.2) is 0 Å². The topological polar surface area (TPSA) is 58.4 Å². The maximum absolute atomic E-state index is 13.6. The van der Waals surface area contributed by atoms with E-state index < -0.39 is 0 Å². The van der Waals surface area contributed by atoms with Crippen LogP contribution in [0.15, 0.2) is 18.2 Å². The van der Waals surface area contributed by atoms with Crippen LogP contribution >= 0.6 is 0 Å². The fourth-order valence-corrected chi connectivity index (χ4v) is 1.75. The van der Waals surface area contributed by atoms with Crippen LogP contribution < -0.4 is 11.1 Å². The van der Waals surface area contributed by atoms with E-state index in [1.807, 2.05) is 19.0 Å². The first-order valence-electron chi connectivity index (χ1n) is 6.41. The summed E-state index contributed by atoms with van der Waals surface area (Å²) in [4.78, 5) is 13.4. The molecule has 1 amide bonds. The monoisotopic (exact) mass is 267 g/mol. The minimum absolute atomic E-state index is 0.0241. The lowest BCUT2D eigenvalue weighted by molar-refractivity contribution is -0.121. The Kier molecular flexibility index (Phi) is 6.45. The van der Waals surface area contributed by atoms with Gasteiger partial charge in [-0.05, 0) is 44.8 Å². The summed E-state index contributed by atoms with van der Waals surface area (Å²) < 4.78 is 13.6. The van der Waals surface area contributed by atoms with E-state index in [0.717, 1.165) is 5.56 Å². The summed E-state index contributed by atoms with van der Waals surface area (Å²) in [6.07, 6.45) is 1.11. The summed E-state index contributed by atoms with van der Waals surface area (Å²) >= 11 is 0. The van der Waals surface area contributed by atoms with Crippen LogP contribution in [0.5, 0.6) is 0 Å². The number of nitrogens with zero attached hydrogens (tertiary/aromatic N) is 1. The summed E-state index contributed by atoms with van der Waals surface area (Å²) in [5.74, 6) is -0.240. The Labute approximate surface area is 113 Å². The van der Waals surface area contributed by atoms with Crippen LogP contribution in [0.2, 0.25) is 0 Å². The highest BCUT2D eigenvalue weighted by atomic mass is 19.1. The van der Waals surface area contributed by atoms with Gasteiger partial charge in [0, 0.05) is 25.1 Å². The molecule has 4 nitrogen and oxygen atoms in total. The third-order valence-corrected chi connectivity index (χ3v) is 2.69. The Balaban J connectivity index is 2.56. The average Bonchev–Trinajstić information content (AvgIpc) is 2.36. The molecule has 1 rings (SSSR count). The van der Waals surface area contributed by atoms with Gasteiger partial charge in [-0.3, -0.25) is 4.79 Å². The largest absolute Gasteiger partial charge is 0.352 e. The molecule has 5 heteroatoms. The number of carbonyl (C=O) groups is 1. The van der Waals surface area contributed by atoms with Crippen molar-refractivity contribution < 1.29 is 9.18 Å². The number of benzene rings is 1. The highest BCUT2D eigenvalue weighted by Gasteiger charge is 2.06. The molecule has 0 saturated carbocycles. The minimum atomic E-state index is -0.216. The normalized spacial score (nSPS) is 10.8. The maximum Gasteiger partial charge on any atom is 0.220 e. The number of halogens is 1. The molecule has 0 aromatic heterocycles. The molecule has 106 valence electrons. The van der Waals surface area contributed by atoms with E-state index in [-0.39, 0.29) is 11.7 Å². The summed E-state index contributed by atoms with van der Waals surface area (Å²) in [6.45, 7) is 1.47. The van der Waals surface area contributed by atoms with Gasteiger partial charge >= 0.3 is 0 Å². The van der Waals surface area contributed by atoms with Gasteiger partial charge in [0.25, 0.3) is 0 Å². The minimum Gasteiger partial charge on any atom is -0.352 e. The zero-order valence-electron chi connectivity index (χ0n) is 11.6. The summed E-state index contributed by atoms with van der Waals surface area (Å²) in [6, 6.07) is 4.93. The highest BCUT2D eigenvalue weighted by Crippen LogP contribution is 2.12. The molecule has 0 aliphatic heterocycles. The first kappa shape index (κ1) is 15.6. The van der Waals surface area contributed by atoms with Crippen LogP contribution in [0.3, 0.4) is 0 Å². The smallest absolute Gasteiger partial charge is 0.220 e. The number of carbonyl (C=O) groups excluding carboxylic acids is 1. The van der Waals surface area contributed by atoms with Crippen molar-refractivity contribution in [2.75, 3.05) is 20.6 Å². The van der Waals surface area contributed by atoms with Gasteiger partial charge in [-0.1, -0.05) is 6.07 Å². The van der Waals surface area contributed by atoms with Crippen molar-refractivity contribution in [1.29, 1.82) is 0 Å². The van der Waals surface area contributed by atoms with E-state index in [9.17, 15) is 9.18 Å². The number of hydrogen-bond donors (Lipinski definition) is 2. The van der Waals surface area contributed by atoms with E-state index in [0.29, 0.717) is 38.0 Å². The van der Waals surface area contributed by atoms with E-state index in [1.165, 1.54) is 6.07 Å². The quantitative estimate of drug-likeness (QED) is 0.781. The van der Waals surface area contributed by atoms with Gasteiger partial charge in [-0.2, -0.15) is 0 Å². The van der Waals surface area contributed by atoms with Crippen LogP contribution in [0.4, 0.5) is 4.39 Å². The van der Waals surface area contributed by atoms with Crippen molar-refractivity contribution in [2.45, 2.75) is 25.9 Å². The molecule has 0 aliphatic rings. The van der Waals surface area contributed by atoms with Crippen molar-refractivity contribution in [3.8, 4) is 0 Å². The lowest BCUT2D eigenvalue weighted by Crippen LogP contribution is -2.23. The van der Waals surface area contributed by atoms with Crippen LogP contribution in [0.1, 0.15) is 24.0 Å². The number of nitrogens with two attached hydrogens (primary N) is 1. The molecule has 0 bridgehead atoms. The molecule has 0 fully saturated rings. The van der Waals surface area contributed by atoms with E-state index in [4.69, 9.17) is 5.73 Å². The Morgan fingerprint density at radius 1 is 1.42 bits per heavy atom. The molecular weight excluding hydrogens is 245 g/mol. The van der Waals surface area contributed by atoms with Gasteiger partial charge in [0.2, 0.25) is 5.91 Å². The van der Waals surface area contributed by atoms with Gasteiger partial charge in [-0.25, -0.2) is 4.39 Å². The molecular formula is C14H22FN3O. The molecule has 0 spiro atoms. The SMILES string of the molecule is CN(C)Cc1cc(CNC(=O)CCCN)ccc1F. The molecule has 1 aromatic carbocycles. The first-order chi connectivity index (χ1) is 9.02. The van der Waals surface area contributed by atoms with Crippen molar-refractivity contribution >= 4 is 5.91 Å². The Morgan fingerprint density at radius 3 is 2.79 bits per heavy atom. The van der Waals surface area contributed by atoms with Crippen LogP contribution in [0.25, 0.3) is 0 Å². The fraction of sp³-hybridized carbons (Fsp3) is 0.500. The third-order valence-electron chi connectivity index (χ3n) is 2.69. The Bertz CT molecular complexity index is 421. The number of nitrogens with one attached hydrogen (secondary N) is 1. The Morgan fingerprint density at radius 2 is 2.16 bits per heavy atom. The molecule has 3 N–H and O–H groups in total. The van der Waals surface area contributed by atoms with Crippen molar-refractivity contribution in [2.24, 2.45) is 5.73 Å². The van der Waals surface area contributed by atoms with Gasteiger partial charge < -0.3 is 16.0 Å². The molecule has 0 unspecified atom stereocenters. The summed E-state index contributed by atoms with van der Waals surface area (Å²) in [7, 11) is 3.78. The van der Waals surface area contributed by atoms with Crippen molar-refractivity contribution in [3.05, 3.63) is 35.1 Å². The van der Waals surface area contributed by atoms with Gasteiger partial charge in [-0.15, -0.1) is 0 Å². The molecule has 0 radical (unpaired) electrons. The fourth-order valence-electron chi connectivity index (χ4n) is 1.75. The maximum atomic E-state index is 13.6. The second-order valence-electron chi connectivity index (χ2n) is 4.83. The summed E-state index contributed by atoms with van der Waals surface area (Å²) in [5.41, 5.74) is 6.88. The Hall–Kier alpha value is -1.46. The second-order valence-corrected chi connectivity index (χ2v) is 4.83. The molecule has 1 aromatic rings. The number of amides is 1. The molecule has 0 saturated heterocycles. The van der Waals surface area contributed by atoms with E-state index in [1.54, 1.807) is 12.1 Å². The predicted octanol–water partition coefficient (Wildman–Crippen LogP) is 1.24. The molecule has 19 heavy (non-hydrogen) atoms. The number of rotatable bonds is 7. The van der Waals surface area contributed by atoms with E-state index in [2.05, 4.69) is 5.32 Å². The van der Waals surface area contributed by atoms with Crippen LogP contribution in [-0.2, 0) is 17.9 Å². The molecule has 0 atom stereocenters. The third kappa shape index (κ3) is 5.81. The molecule has 0 heterocycles. The van der Waals surface area contributed by atoms with Crippen molar-refractivity contribution in [3.63, 3.8) is 0 Å². The zero-order chi connectivity index (χ0) is 14.3. The number of hydrogen-bond acceptors (Lipinski definition) is 3. The molecule has 0 aliphatic carbocycles. The first-order valence-corrected chi connectivity index (χ1v) is 6.41. The standard InChI is InChI=1S/C14H22FN3O/c1-18(2)10-12-8-11(5-6-13(12)15)9-17-14(19)4-3-7-16/h5-6,8H,3-4,7,9-10,16H2,1-2H3,(H,17,19). The second kappa shape index (κ2) is 7.86. The van der Waals surface area contributed by atoms with Crippen LogP contribution in [-0.4, -0.2) is 31.4 Å². The highest BCUT2D eigenvalue weighted by molar-refractivity contribution is 5.75. The van der Waals surface area contributed by atoms with Gasteiger partial charge in [0.1, 0.15) is 5.82 Å². The lowest BCUT2D eigenvalue weighted by atomic mass is 10.1. The predicted molar refractivity (Wildman–Crippen MR) is 73.9 cm³/mol. The summed E-state index contributed by atoms with van der Waals surface area (Å²) in [5, 5.41) is 2.80. The van der Waals surface area contributed by atoms with E-state index >= 15 is 0 Å². The van der Waals surface area contributed by atoms with Gasteiger partial charge in [0.05, 0.1) is 0 Å².